The van der Waals surface area contributed by atoms with Crippen LogP contribution < -0.4 is 0 Å². The first-order valence-electron chi connectivity index (χ1n) is 6.42. The first kappa shape index (κ1) is 15.5. The molecular formula is C17H16Br2O. The summed E-state index contributed by atoms with van der Waals surface area (Å²) in [4.78, 5) is 12.3. The molecule has 20 heavy (non-hydrogen) atoms. The SMILES string of the molecule is CC(C)(Br)C(=O)c1ccc(C(Br)c2ccccc2)cc1. The van der Waals surface area contributed by atoms with Crippen molar-refractivity contribution in [2.24, 2.45) is 0 Å². The van der Waals surface area contributed by atoms with Crippen molar-refractivity contribution < 1.29 is 4.79 Å². The number of rotatable bonds is 4. The highest BCUT2D eigenvalue weighted by atomic mass is 79.9. The molecule has 1 nitrogen and oxygen atoms in total. The lowest BCUT2D eigenvalue weighted by Crippen LogP contribution is -2.23. The normalized spacial score (nSPS) is 13.0. The summed E-state index contributed by atoms with van der Waals surface area (Å²) in [5.41, 5.74) is 3.07. The van der Waals surface area contributed by atoms with E-state index in [1.807, 2.05) is 56.3 Å². The fraction of sp³-hybridized carbons (Fsp3) is 0.235. The first-order chi connectivity index (χ1) is 9.39. The Kier molecular flexibility index (Phi) is 4.82. The maximum absolute atomic E-state index is 12.2. The number of hydrogen-bond donors (Lipinski definition) is 0. The minimum atomic E-state index is -0.526. The maximum atomic E-state index is 12.2. The molecule has 1 unspecified atom stereocenters. The molecule has 0 aromatic heterocycles. The molecule has 0 aliphatic heterocycles. The van der Waals surface area contributed by atoms with E-state index in [1.165, 1.54) is 5.56 Å². The van der Waals surface area contributed by atoms with Crippen LogP contribution in [0, 0.1) is 0 Å². The number of halogens is 2. The van der Waals surface area contributed by atoms with Crippen molar-refractivity contribution >= 4 is 37.6 Å². The Morgan fingerprint density at radius 3 is 1.95 bits per heavy atom. The van der Waals surface area contributed by atoms with E-state index in [4.69, 9.17) is 0 Å². The molecule has 2 rings (SSSR count). The molecule has 3 heteroatoms. The van der Waals surface area contributed by atoms with Crippen LogP contribution in [0.1, 0.15) is 40.2 Å². The van der Waals surface area contributed by atoms with E-state index in [0.29, 0.717) is 0 Å². The molecule has 0 aliphatic carbocycles. The molecule has 2 aromatic carbocycles. The number of hydrogen-bond acceptors (Lipinski definition) is 1. The molecule has 0 N–H and O–H groups in total. The van der Waals surface area contributed by atoms with Gasteiger partial charge in [-0.2, -0.15) is 0 Å². The minimum Gasteiger partial charge on any atom is -0.293 e. The summed E-state index contributed by atoms with van der Waals surface area (Å²) in [5, 5.41) is 0. The van der Waals surface area contributed by atoms with Crippen LogP contribution in [-0.4, -0.2) is 10.1 Å². The molecule has 0 spiro atoms. The second-order valence-electron chi connectivity index (χ2n) is 5.20. The van der Waals surface area contributed by atoms with Gasteiger partial charge in [-0.15, -0.1) is 0 Å². The summed E-state index contributed by atoms with van der Waals surface area (Å²) in [7, 11) is 0. The van der Waals surface area contributed by atoms with Crippen LogP contribution >= 0.6 is 31.9 Å². The quantitative estimate of drug-likeness (QED) is 0.491. The van der Waals surface area contributed by atoms with Crippen molar-refractivity contribution in [2.45, 2.75) is 23.0 Å². The topological polar surface area (TPSA) is 17.1 Å². The Hall–Kier alpha value is -0.930. The van der Waals surface area contributed by atoms with Crippen molar-refractivity contribution in [3.05, 3.63) is 71.3 Å². The van der Waals surface area contributed by atoms with Crippen LogP contribution in [0.25, 0.3) is 0 Å². The summed E-state index contributed by atoms with van der Waals surface area (Å²) in [5.74, 6) is 0.0925. The highest BCUT2D eigenvalue weighted by molar-refractivity contribution is 9.10. The molecule has 0 saturated heterocycles. The summed E-state index contributed by atoms with van der Waals surface area (Å²) in [6, 6.07) is 18.0. The Balaban J connectivity index is 2.23. The third kappa shape index (κ3) is 3.58. The summed E-state index contributed by atoms with van der Waals surface area (Å²) < 4.78 is -0.526. The second-order valence-corrected chi connectivity index (χ2v) is 8.09. The van der Waals surface area contributed by atoms with Gasteiger partial charge in [-0.05, 0) is 25.0 Å². The van der Waals surface area contributed by atoms with Gasteiger partial charge in [0.1, 0.15) is 0 Å². The highest BCUT2D eigenvalue weighted by Gasteiger charge is 2.25. The van der Waals surface area contributed by atoms with Gasteiger partial charge in [-0.25, -0.2) is 0 Å². The lowest BCUT2D eigenvalue weighted by molar-refractivity contribution is 0.0961. The number of benzene rings is 2. The molecule has 0 bridgehead atoms. The number of alkyl halides is 2. The number of ketones is 1. The van der Waals surface area contributed by atoms with Crippen LogP contribution in [0.15, 0.2) is 54.6 Å². The number of carbonyl (C=O) groups is 1. The van der Waals surface area contributed by atoms with Gasteiger partial charge in [0.25, 0.3) is 0 Å². The average molecular weight is 396 g/mol. The van der Waals surface area contributed by atoms with E-state index in [2.05, 4.69) is 44.0 Å². The number of carbonyl (C=O) groups excluding carboxylic acids is 1. The molecule has 0 radical (unpaired) electrons. The van der Waals surface area contributed by atoms with Gasteiger partial charge in [0.2, 0.25) is 0 Å². The zero-order chi connectivity index (χ0) is 14.8. The molecule has 2 aromatic rings. The molecule has 104 valence electrons. The fourth-order valence-electron chi connectivity index (χ4n) is 1.96. The Bertz CT molecular complexity index is 583. The molecule has 0 amide bonds. The monoisotopic (exact) mass is 394 g/mol. The van der Waals surface area contributed by atoms with E-state index in [0.717, 1.165) is 11.1 Å². The lowest BCUT2D eigenvalue weighted by atomic mass is 9.98. The molecule has 0 aliphatic rings. The fourth-order valence-corrected chi connectivity index (χ4v) is 2.80. The maximum Gasteiger partial charge on any atom is 0.178 e. The lowest BCUT2D eigenvalue weighted by Gasteiger charge is -2.16. The molecule has 0 fully saturated rings. The standard InChI is InChI=1S/C17H16Br2O/c1-17(2,19)16(20)14-10-8-13(9-11-14)15(18)12-6-4-3-5-7-12/h3-11,15H,1-2H3. The van der Waals surface area contributed by atoms with Crippen LogP contribution in [0.4, 0.5) is 0 Å². The van der Waals surface area contributed by atoms with E-state index in [9.17, 15) is 4.79 Å². The smallest absolute Gasteiger partial charge is 0.178 e. The van der Waals surface area contributed by atoms with Gasteiger partial charge in [0, 0.05) is 5.56 Å². The van der Waals surface area contributed by atoms with Crippen LogP contribution in [-0.2, 0) is 0 Å². The summed E-state index contributed by atoms with van der Waals surface area (Å²) in [6.45, 7) is 3.72. The Morgan fingerprint density at radius 2 is 1.45 bits per heavy atom. The molecule has 1 atom stereocenters. The van der Waals surface area contributed by atoms with E-state index < -0.39 is 4.32 Å². The van der Waals surface area contributed by atoms with Gasteiger partial charge >= 0.3 is 0 Å². The number of Topliss-reactive ketones (excluding diaryl/α,β-unsaturated/α-hetero) is 1. The van der Waals surface area contributed by atoms with E-state index in [-0.39, 0.29) is 10.6 Å². The molecular weight excluding hydrogens is 380 g/mol. The third-order valence-corrected chi connectivity index (χ3v) is 4.52. The Morgan fingerprint density at radius 1 is 0.950 bits per heavy atom. The van der Waals surface area contributed by atoms with Gasteiger partial charge in [0.15, 0.2) is 5.78 Å². The van der Waals surface area contributed by atoms with Gasteiger partial charge in [-0.3, -0.25) is 4.79 Å². The van der Waals surface area contributed by atoms with E-state index >= 15 is 0 Å². The Labute approximate surface area is 136 Å². The first-order valence-corrected chi connectivity index (χ1v) is 8.13. The van der Waals surface area contributed by atoms with Crippen LogP contribution in [0.3, 0.4) is 0 Å². The second kappa shape index (κ2) is 6.23. The highest BCUT2D eigenvalue weighted by Crippen LogP contribution is 2.31. The van der Waals surface area contributed by atoms with Crippen molar-refractivity contribution in [3.8, 4) is 0 Å². The summed E-state index contributed by atoms with van der Waals surface area (Å²) >= 11 is 7.11. The molecule has 0 heterocycles. The van der Waals surface area contributed by atoms with Crippen molar-refractivity contribution in [3.63, 3.8) is 0 Å². The summed E-state index contributed by atoms with van der Waals surface area (Å²) in [6.07, 6.45) is 0. The van der Waals surface area contributed by atoms with Crippen molar-refractivity contribution in [1.82, 2.24) is 0 Å². The largest absolute Gasteiger partial charge is 0.293 e. The van der Waals surface area contributed by atoms with Gasteiger partial charge in [0.05, 0.1) is 9.15 Å². The minimum absolute atomic E-state index is 0.0925. The van der Waals surface area contributed by atoms with Crippen LogP contribution in [0.5, 0.6) is 0 Å². The third-order valence-electron chi connectivity index (χ3n) is 3.10. The van der Waals surface area contributed by atoms with Crippen molar-refractivity contribution in [2.75, 3.05) is 0 Å². The van der Waals surface area contributed by atoms with Crippen molar-refractivity contribution in [1.29, 1.82) is 0 Å². The molecule has 0 saturated carbocycles. The van der Waals surface area contributed by atoms with Crippen LogP contribution in [0.2, 0.25) is 0 Å². The van der Waals surface area contributed by atoms with Gasteiger partial charge in [-0.1, -0.05) is 86.5 Å². The van der Waals surface area contributed by atoms with E-state index in [1.54, 1.807) is 0 Å². The zero-order valence-corrected chi connectivity index (χ0v) is 14.6. The zero-order valence-electron chi connectivity index (χ0n) is 11.4. The predicted octanol–water partition coefficient (Wildman–Crippen LogP) is 5.53. The predicted molar refractivity (Wildman–Crippen MR) is 91.0 cm³/mol. The van der Waals surface area contributed by atoms with Gasteiger partial charge < -0.3 is 0 Å². The average Bonchev–Trinajstić information content (AvgIpc) is 2.46.